The molecule has 196 valence electrons. The Morgan fingerprint density at radius 1 is 0.944 bits per heavy atom. The van der Waals surface area contributed by atoms with Gasteiger partial charge >= 0.3 is 23.6 Å². The highest BCUT2D eigenvalue weighted by Crippen LogP contribution is 2.38. The van der Waals surface area contributed by atoms with Crippen molar-refractivity contribution in [3.8, 4) is 0 Å². The normalized spacial score (nSPS) is 28.4. The molecule has 12 nitrogen and oxygen atoms in total. The maximum Gasteiger partial charge on any atom is 0.351 e. The standard InChI is InChI=1S/C24H31N3O9/c28-21(13-4-1-5-13)33-12-16-18(35-22(29)14-6-2-7-14)19(36-23(30)15-8-3-9-15)20(34-16)27-11-10-17(26-32)25-24(27)31/h10-11,13-16,18-20,32H,1-9,12H2,(H,25,26,31)/t16-,18-,19-,20-/m1/s1. The Morgan fingerprint density at radius 2 is 1.50 bits per heavy atom. The van der Waals surface area contributed by atoms with Gasteiger partial charge in [0.25, 0.3) is 0 Å². The Hall–Kier alpha value is -2.99. The molecule has 12 heteroatoms. The largest absolute Gasteiger partial charge is 0.463 e. The van der Waals surface area contributed by atoms with E-state index in [1.807, 2.05) is 0 Å². The smallest absolute Gasteiger partial charge is 0.351 e. The van der Waals surface area contributed by atoms with Crippen molar-refractivity contribution in [3.05, 3.63) is 22.7 Å². The molecule has 4 fully saturated rings. The van der Waals surface area contributed by atoms with Gasteiger partial charge in [-0.05, 0) is 44.6 Å². The molecule has 4 atom stereocenters. The molecule has 0 bridgehead atoms. The zero-order chi connectivity index (χ0) is 25.2. The Balaban J connectivity index is 1.41. The first-order chi connectivity index (χ1) is 17.4. The molecule has 5 rings (SSSR count). The number of nitrogens with zero attached hydrogens (tertiary/aromatic N) is 2. The Labute approximate surface area is 207 Å². The summed E-state index contributed by atoms with van der Waals surface area (Å²) in [6.45, 7) is -0.218. The zero-order valence-electron chi connectivity index (χ0n) is 19.9. The summed E-state index contributed by atoms with van der Waals surface area (Å²) < 4.78 is 24.3. The van der Waals surface area contributed by atoms with Crippen molar-refractivity contribution in [1.82, 2.24) is 9.55 Å². The first kappa shape index (κ1) is 24.7. The molecule has 1 aromatic heterocycles. The summed E-state index contributed by atoms with van der Waals surface area (Å²) in [5.74, 6) is -1.97. The maximum atomic E-state index is 12.8. The number of rotatable bonds is 9. The van der Waals surface area contributed by atoms with Gasteiger partial charge in [-0.1, -0.05) is 19.3 Å². The topological polar surface area (TPSA) is 155 Å². The number of hydrogen-bond acceptors (Lipinski definition) is 11. The van der Waals surface area contributed by atoms with Gasteiger partial charge < -0.3 is 18.9 Å². The summed E-state index contributed by atoms with van der Waals surface area (Å²) in [6.07, 6.45) is 4.14. The fourth-order valence-corrected chi connectivity index (χ4v) is 4.68. The van der Waals surface area contributed by atoms with E-state index in [1.54, 1.807) is 5.48 Å². The fourth-order valence-electron chi connectivity index (χ4n) is 4.68. The third-order valence-electron chi connectivity index (χ3n) is 7.71. The van der Waals surface area contributed by atoms with E-state index in [9.17, 15) is 19.2 Å². The van der Waals surface area contributed by atoms with Crippen LogP contribution >= 0.6 is 0 Å². The molecule has 1 saturated heterocycles. The summed E-state index contributed by atoms with van der Waals surface area (Å²) in [6, 6.07) is 1.34. The summed E-state index contributed by atoms with van der Waals surface area (Å²) in [5, 5.41) is 9.07. The number of hydrogen-bond donors (Lipinski definition) is 2. The van der Waals surface area contributed by atoms with Crippen molar-refractivity contribution >= 4 is 23.7 Å². The van der Waals surface area contributed by atoms with E-state index in [-0.39, 0.29) is 36.1 Å². The average Bonchev–Trinajstić information content (AvgIpc) is 3.05. The minimum atomic E-state index is -1.17. The second-order valence-electron chi connectivity index (χ2n) is 10.00. The molecule has 3 saturated carbocycles. The average molecular weight is 506 g/mol. The van der Waals surface area contributed by atoms with Gasteiger partial charge in [-0.15, -0.1) is 0 Å². The zero-order valence-corrected chi connectivity index (χ0v) is 19.9. The van der Waals surface area contributed by atoms with Gasteiger partial charge in [0.2, 0.25) is 0 Å². The van der Waals surface area contributed by atoms with Crippen molar-refractivity contribution < 1.29 is 38.5 Å². The molecule has 4 aliphatic rings. The van der Waals surface area contributed by atoms with Crippen molar-refractivity contribution in [3.63, 3.8) is 0 Å². The first-order valence-electron chi connectivity index (χ1n) is 12.7. The highest BCUT2D eigenvalue weighted by Gasteiger charge is 2.52. The van der Waals surface area contributed by atoms with Crippen LogP contribution in [0.25, 0.3) is 0 Å². The van der Waals surface area contributed by atoms with Gasteiger partial charge in [0.05, 0.1) is 17.8 Å². The molecule has 1 aromatic rings. The fraction of sp³-hybridized carbons (Fsp3) is 0.708. The van der Waals surface area contributed by atoms with E-state index < -0.39 is 42.2 Å². The number of nitrogens with one attached hydrogen (secondary N) is 1. The lowest BCUT2D eigenvalue weighted by molar-refractivity contribution is -0.177. The van der Waals surface area contributed by atoms with Crippen molar-refractivity contribution in [2.24, 2.45) is 17.8 Å². The van der Waals surface area contributed by atoms with E-state index in [1.165, 1.54) is 12.3 Å². The molecule has 0 radical (unpaired) electrons. The molecular formula is C24H31N3O9. The molecule has 36 heavy (non-hydrogen) atoms. The van der Waals surface area contributed by atoms with Gasteiger partial charge in [-0.3, -0.25) is 29.6 Å². The molecule has 0 aromatic carbocycles. The van der Waals surface area contributed by atoms with Gasteiger partial charge in [0.15, 0.2) is 24.3 Å². The Morgan fingerprint density at radius 3 is 2.00 bits per heavy atom. The maximum absolute atomic E-state index is 12.8. The van der Waals surface area contributed by atoms with E-state index in [4.69, 9.17) is 24.2 Å². The minimum absolute atomic E-state index is 0.0730. The predicted molar refractivity (Wildman–Crippen MR) is 121 cm³/mol. The lowest BCUT2D eigenvalue weighted by Crippen LogP contribution is -2.45. The lowest BCUT2D eigenvalue weighted by Gasteiger charge is -2.31. The molecule has 1 aliphatic heterocycles. The van der Waals surface area contributed by atoms with Gasteiger partial charge in [0.1, 0.15) is 12.7 Å². The molecule has 3 aliphatic carbocycles. The van der Waals surface area contributed by atoms with E-state index in [0.29, 0.717) is 25.7 Å². The second kappa shape index (κ2) is 10.6. The third kappa shape index (κ3) is 4.96. The molecule has 0 amide bonds. The van der Waals surface area contributed by atoms with Crippen LogP contribution in [0, 0.1) is 17.8 Å². The van der Waals surface area contributed by atoms with Crippen LogP contribution in [0.5, 0.6) is 0 Å². The van der Waals surface area contributed by atoms with Crippen LogP contribution < -0.4 is 11.2 Å². The molecule has 2 N–H and O–H groups in total. The highest BCUT2D eigenvalue weighted by molar-refractivity contribution is 5.75. The number of aromatic nitrogens is 2. The lowest BCUT2D eigenvalue weighted by atomic mass is 9.85. The highest BCUT2D eigenvalue weighted by atomic mass is 16.7. The van der Waals surface area contributed by atoms with Crippen LogP contribution in [0.1, 0.15) is 64.0 Å². The third-order valence-corrected chi connectivity index (χ3v) is 7.71. The number of carbonyl (C=O) groups excluding carboxylic acids is 3. The second-order valence-corrected chi connectivity index (χ2v) is 10.00. The van der Waals surface area contributed by atoms with Crippen molar-refractivity contribution in [1.29, 1.82) is 0 Å². The van der Waals surface area contributed by atoms with E-state index >= 15 is 0 Å². The number of carbonyl (C=O) groups is 3. The van der Waals surface area contributed by atoms with E-state index in [2.05, 4.69) is 4.98 Å². The van der Waals surface area contributed by atoms with Gasteiger partial charge in [0, 0.05) is 6.20 Å². The van der Waals surface area contributed by atoms with Crippen LogP contribution in [0.3, 0.4) is 0 Å². The summed E-state index contributed by atoms with van der Waals surface area (Å²) in [7, 11) is 0. The predicted octanol–water partition coefficient (Wildman–Crippen LogP) is 1.71. The van der Waals surface area contributed by atoms with Gasteiger partial charge in [-0.25, -0.2) is 4.79 Å². The minimum Gasteiger partial charge on any atom is -0.463 e. The number of ether oxygens (including phenoxy) is 4. The first-order valence-corrected chi connectivity index (χ1v) is 12.7. The van der Waals surface area contributed by atoms with Gasteiger partial charge in [-0.2, -0.15) is 4.98 Å². The quantitative estimate of drug-likeness (QED) is 0.286. The van der Waals surface area contributed by atoms with Crippen LogP contribution in [0.15, 0.2) is 17.1 Å². The van der Waals surface area contributed by atoms with Crippen molar-refractivity contribution in [2.75, 3.05) is 12.1 Å². The summed E-state index contributed by atoms with van der Waals surface area (Å²) in [4.78, 5) is 54.5. The SMILES string of the molecule is O=C(OC[C@H]1O[C@@H](n2ccc(NO)nc2=O)[C@H](OC(=O)C2CCC2)[C@@H]1OC(=O)C1CCC1)C1CCC1. The van der Waals surface area contributed by atoms with Crippen LogP contribution in [-0.2, 0) is 33.3 Å². The molecule has 2 heterocycles. The molecule has 0 spiro atoms. The van der Waals surface area contributed by atoms with E-state index in [0.717, 1.165) is 36.7 Å². The molecule has 0 unspecified atom stereocenters. The monoisotopic (exact) mass is 505 g/mol. The van der Waals surface area contributed by atoms with Crippen molar-refractivity contribution in [2.45, 2.75) is 82.3 Å². The summed E-state index contributed by atoms with van der Waals surface area (Å²) in [5.41, 5.74) is 1.03. The summed E-state index contributed by atoms with van der Waals surface area (Å²) >= 11 is 0. The number of anilines is 1. The Kier molecular flexibility index (Phi) is 7.24. The van der Waals surface area contributed by atoms with Crippen LogP contribution in [-0.4, -0.2) is 57.6 Å². The molecular weight excluding hydrogens is 474 g/mol. The Bertz CT molecular complexity index is 1050. The number of esters is 3. The van der Waals surface area contributed by atoms with Crippen LogP contribution in [0.4, 0.5) is 5.82 Å². The van der Waals surface area contributed by atoms with Crippen LogP contribution in [0.2, 0.25) is 0 Å².